The Balaban J connectivity index is 1.60. The number of para-hydroxylation sites is 1. The summed E-state index contributed by atoms with van der Waals surface area (Å²) in [5, 5.41) is 2.66. The number of amides is 1. The Morgan fingerprint density at radius 1 is 0.967 bits per heavy atom. The Bertz CT molecular complexity index is 1150. The molecule has 1 heterocycles. The first-order chi connectivity index (χ1) is 14.2. The molecule has 30 heavy (non-hydrogen) atoms. The monoisotopic (exact) mass is 508 g/mol. The molecule has 2 N–H and O–H groups in total. The number of anilines is 2. The Morgan fingerprint density at radius 3 is 2.23 bits per heavy atom. The van der Waals surface area contributed by atoms with E-state index >= 15 is 0 Å². The van der Waals surface area contributed by atoms with Gasteiger partial charge in [-0.1, -0.05) is 18.2 Å². The van der Waals surface area contributed by atoms with Crippen molar-refractivity contribution in [1.82, 2.24) is 0 Å². The van der Waals surface area contributed by atoms with Gasteiger partial charge in [-0.2, -0.15) is 0 Å². The molecule has 10 heteroatoms. The van der Waals surface area contributed by atoms with Crippen molar-refractivity contribution in [3.63, 3.8) is 0 Å². The normalized spacial score (nSPS) is 12.1. The van der Waals surface area contributed by atoms with Crippen LogP contribution in [0.4, 0.5) is 11.4 Å². The lowest BCUT2D eigenvalue weighted by Gasteiger charge is -2.14. The summed E-state index contributed by atoms with van der Waals surface area (Å²) in [6.45, 7) is 1.47. The van der Waals surface area contributed by atoms with Gasteiger partial charge in [-0.05, 0) is 71.4 Å². The molecule has 1 aromatic heterocycles. The first kappa shape index (κ1) is 22.0. The number of ether oxygens (including phenoxy) is 1. The number of benzene rings is 2. The van der Waals surface area contributed by atoms with Crippen LogP contribution in [0.25, 0.3) is 0 Å². The van der Waals surface area contributed by atoms with Gasteiger partial charge in [-0.3, -0.25) is 9.52 Å². The van der Waals surface area contributed by atoms with E-state index in [1.165, 1.54) is 37.3 Å². The number of hydrogen-bond donors (Lipinski definition) is 2. The van der Waals surface area contributed by atoms with Crippen LogP contribution in [0, 0.1) is 0 Å². The standard InChI is InChI=1S/C20H17BrN2O5S2/c1-13(19(24)22-15-5-3-2-4-6-15)28-20(25)14-7-9-16(10-8-14)23-30(26,27)18-12-11-17(21)29-18/h2-13,23H,1H3,(H,22,24)/t13-/m0/s1. The molecule has 0 spiro atoms. The number of carbonyl (C=O) groups is 2. The first-order valence-electron chi connectivity index (χ1n) is 8.70. The Morgan fingerprint density at radius 2 is 1.63 bits per heavy atom. The molecular weight excluding hydrogens is 492 g/mol. The maximum Gasteiger partial charge on any atom is 0.338 e. The molecule has 0 aliphatic rings. The van der Waals surface area contributed by atoms with Crippen LogP contribution < -0.4 is 10.0 Å². The zero-order valence-corrected chi connectivity index (χ0v) is 18.9. The summed E-state index contributed by atoms with van der Waals surface area (Å²) in [4.78, 5) is 24.4. The molecule has 3 rings (SSSR count). The number of esters is 1. The van der Waals surface area contributed by atoms with Crippen LogP contribution in [-0.4, -0.2) is 26.4 Å². The summed E-state index contributed by atoms with van der Waals surface area (Å²) in [5.74, 6) is -1.15. The van der Waals surface area contributed by atoms with Gasteiger partial charge in [-0.15, -0.1) is 11.3 Å². The molecule has 0 unspecified atom stereocenters. The van der Waals surface area contributed by atoms with Gasteiger partial charge in [0.1, 0.15) is 4.21 Å². The number of halogens is 1. The maximum absolute atomic E-state index is 12.3. The Kier molecular flexibility index (Phi) is 6.91. The molecule has 3 aromatic rings. The number of sulfonamides is 1. The second-order valence-corrected chi connectivity index (χ2v) is 10.5. The quantitative estimate of drug-likeness (QED) is 0.457. The lowest BCUT2D eigenvalue weighted by atomic mass is 10.2. The van der Waals surface area contributed by atoms with E-state index in [1.54, 1.807) is 30.3 Å². The zero-order valence-electron chi connectivity index (χ0n) is 15.7. The van der Waals surface area contributed by atoms with E-state index in [9.17, 15) is 18.0 Å². The highest BCUT2D eigenvalue weighted by Crippen LogP contribution is 2.27. The zero-order chi connectivity index (χ0) is 21.7. The second kappa shape index (κ2) is 9.41. The largest absolute Gasteiger partial charge is 0.449 e. The third-order valence-electron chi connectivity index (χ3n) is 3.88. The fourth-order valence-corrected chi connectivity index (χ4v) is 5.44. The van der Waals surface area contributed by atoms with E-state index in [0.717, 1.165) is 11.3 Å². The van der Waals surface area contributed by atoms with Gasteiger partial charge in [-0.25, -0.2) is 13.2 Å². The van der Waals surface area contributed by atoms with E-state index < -0.39 is 28.0 Å². The van der Waals surface area contributed by atoms with Gasteiger partial charge in [0, 0.05) is 11.4 Å². The van der Waals surface area contributed by atoms with Crippen molar-refractivity contribution in [2.24, 2.45) is 0 Å². The highest BCUT2D eigenvalue weighted by atomic mass is 79.9. The van der Waals surface area contributed by atoms with Crippen molar-refractivity contribution >= 4 is 60.5 Å². The molecule has 0 radical (unpaired) electrons. The molecule has 1 atom stereocenters. The van der Waals surface area contributed by atoms with Crippen LogP contribution in [0.2, 0.25) is 0 Å². The lowest BCUT2D eigenvalue weighted by molar-refractivity contribution is -0.123. The third kappa shape index (κ3) is 5.68. The number of carbonyl (C=O) groups excluding carboxylic acids is 2. The summed E-state index contributed by atoms with van der Waals surface area (Å²) < 4.78 is 33.2. The van der Waals surface area contributed by atoms with Crippen LogP contribution in [0.15, 0.2) is 74.7 Å². The molecule has 0 aliphatic heterocycles. The van der Waals surface area contributed by atoms with Crippen molar-refractivity contribution in [2.75, 3.05) is 10.0 Å². The second-order valence-electron chi connectivity index (χ2n) is 6.14. The van der Waals surface area contributed by atoms with E-state index in [2.05, 4.69) is 26.0 Å². The molecule has 0 saturated heterocycles. The minimum absolute atomic E-state index is 0.163. The third-order valence-corrected chi connectivity index (χ3v) is 7.38. The van der Waals surface area contributed by atoms with E-state index in [1.807, 2.05) is 6.07 Å². The smallest absolute Gasteiger partial charge is 0.338 e. The van der Waals surface area contributed by atoms with E-state index in [-0.39, 0.29) is 9.77 Å². The average molecular weight is 509 g/mol. The summed E-state index contributed by atoms with van der Waals surface area (Å²) in [6.07, 6.45) is -1.01. The molecule has 1 amide bonds. The summed E-state index contributed by atoms with van der Waals surface area (Å²) in [7, 11) is -3.72. The highest BCUT2D eigenvalue weighted by molar-refractivity contribution is 9.11. The molecule has 2 aromatic carbocycles. The van der Waals surface area contributed by atoms with E-state index in [0.29, 0.717) is 15.2 Å². The molecule has 0 aliphatic carbocycles. The lowest BCUT2D eigenvalue weighted by Crippen LogP contribution is -2.30. The molecule has 7 nitrogen and oxygen atoms in total. The minimum atomic E-state index is -3.72. The number of thiophene rings is 1. The van der Waals surface area contributed by atoms with Crippen LogP contribution in [0.5, 0.6) is 0 Å². The van der Waals surface area contributed by atoms with E-state index in [4.69, 9.17) is 4.74 Å². The summed E-state index contributed by atoms with van der Waals surface area (Å²) in [5.41, 5.74) is 1.09. The van der Waals surface area contributed by atoms with Crippen molar-refractivity contribution in [3.05, 3.63) is 76.1 Å². The number of nitrogens with one attached hydrogen (secondary N) is 2. The topological polar surface area (TPSA) is 102 Å². The fourth-order valence-electron chi connectivity index (χ4n) is 2.37. The molecule has 156 valence electrons. The fraction of sp³-hybridized carbons (Fsp3) is 0.100. The average Bonchev–Trinajstić information content (AvgIpc) is 3.16. The molecule has 0 saturated carbocycles. The van der Waals surface area contributed by atoms with Gasteiger partial charge in [0.25, 0.3) is 15.9 Å². The number of rotatable bonds is 7. The van der Waals surface area contributed by atoms with Crippen LogP contribution in [0.3, 0.4) is 0 Å². The Labute approximate surface area is 186 Å². The van der Waals surface area contributed by atoms with Crippen LogP contribution in [0.1, 0.15) is 17.3 Å². The van der Waals surface area contributed by atoms with Gasteiger partial charge in [0.2, 0.25) is 0 Å². The van der Waals surface area contributed by atoms with Crippen molar-refractivity contribution in [2.45, 2.75) is 17.2 Å². The molecule has 0 bridgehead atoms. The highest BCUT2D eigenvalue weighted by Gasteiger charge is 2.20. The predicted octanol–water partition coefficient (Wildman–Crippen LogP) is 4.50. The molecular formula is C20H17BrN2O5S2. The van der Waals surface area contributed by atoms with Gasteiger partial charge < -0.3 is 10.1 Å². The van der Waals surface area contributed by atoms with Gasteiger partial charge >= 0.3 is 5.97 Å². The SMILES string of the molecule is C[C@H](OC(=O)c1ccc(NS(=O)(=O)c2ccc(Br)s2)cc1)C(=O)Nc1ccccc1. The summed E-state index contributed by atoms with van der Waals surface area (Å²) >= 11 is 4.32. The number of hydrogen-bond acceptors (Lipinski definition) is 6. The Hall–Kier alpha value is -2.69. The minimum Gasteiger partial charge on any atom is -0.449 e. The van der Waals surface area contributed by atoms with Crippen molar-refractivity contribution < 1.29 is 22.7 Å². The maximum atomic E-state index is 12.3. The van der Waals surface area contributed by atoms with Crippen LogP contribution >= 0.6 is 27.3 Å². The molecule has 0 fully saturated rings. The first-order valence-corrected chi connectivity index (χ1v) is 11.8. The van der Waals surface area contributed by atoms with Crippen molar-refractivity contribution in [3.8, 4) is 0 Å². The summed E-state index contributed by atoms with van der Waals surface area (Å²) in [6, 6.07) is 17.7. The van der Waals surface area contributed by atoms with Gasteiger partial charge in [0.05, 0.1) is 9.35 Å². The van der Waals surface area contributed by atoms with Crippen LogP contribution in [-0.2, 0) is 19.6 Å². The van der Waals surface area contributed by atoms with Gasteiger partial charge in [0.15, 0.2) is 6.10 Å². The predicted molar refractivity (Wildman–Crippen MR) is 119 cm³/mol. The van der Waals surface area contributed by atoms with Crippen molar-refractivity contribution in [1.29, 1.82) is 0 Å².